The van der Waals surface area contributed by atoms with E-state index in [2.05, 4.69) is 18.6 Å². The Morgan fingerprint density at radius 3 is 2.52 bits per heavy atom. The molecular formula is C14H19ClN2O2S2. The van der Waals surface area contributed by atoms with Crippen molar-refractivity contribution in [2.24, 2.45) is 17.6 Å². The van der Waals surface area contributed by atoms with E-state index in [1.165, 1.54) is 12.1 Å². The molecule has 1 fully saturated rings. The Morgan fingerprint density at radius 2 is 2.05 bits per heavy atom. The summed E-state index contributed by atoms with van der Waals surface area (Å²) >= 11 is 10.9. The topological polar surface area (TPSA) is 72.2 Å². The third-order valence-electron chi connectivity index (χ3n) is 4.29. The molecule has 116 valence electrons. The fourth-order valence-electron chi connectivity index (χ4n) is 2.66. The van der Waals surface area contributed by atoms with Gasteiger partial charge in [0.1, 0.15) is 4.99 Å². The zero-order chi connectivity index (χ0) is 15.8. The number of benzene rings is 1. The first-order valence-electron chi connectivity index (χ1n) is 6.84. The van der Waals surface area contributed by atoms with Gasteiger partial charge in [-0.25, -0.2) is 13.1 Å². The van der Waals surface area contributed by atoms with Crippen molar-refractivity contribution < 1.29 is 8.42 Å². The number of thiocarbonyl (C=S) groups is 1. The van der Waals surface area contributed by atoms with Gasteiger partial charge in [-0.3, -0.25) is 0 Å². The van der Waals surface area contributed by atoms with E-state index >= 15 is 0 Å². The largest absolute Gasteiger partial charge is 0.389 e. The van der Waals surface area contributed by atoms with Gasteiger partial charge in [-0.2, -0.15) is 0 Å². The lowest BCUT2D eigenvalue weighted by molar-refractivity contribution is 0.402. The van der Waals surface area contributed by atoms with E-state index in [0.717, 1.165) is 12.8 Å². The average molecular weight is 347 g/mol. The second-order valence-electron chi connectivity index (χ2n) is 5.65. The second kappa shape index (κ2) is 6.20. The lowest BCUT2D eigenvalue weighted by Gasteiger charge is -2.19. The average Bonchev–Trinajstić information content (AvgIpc) is 2.69. The molecule has 1 aromatic carbocycles. The summed E-state index contributed by atoms with van der Waals surface area (Å²) < 4.78 is 27.7. The summed E-state index contributed by atoms with van der Waals surface area (Å²) in [5.74, 6) is 0.851. The van der Waals surface area contributed by atoms with Gasteiger partial charge in [0.25, 0.3) is 0 Å². The van der Waals surface area contributed by atoms with Gasteiger partial charge in [-0.1, -0.05) is 37.7 Å². The molecular weight excluding hydrogens is 328 g/mol. The van der Waals surface area contributed by atoms with Crippen molar-refractivity contribution in [3.63, 3.8) is 0 Å². The first kappa shape index (κ1) is 16.7. The summed E-state index contributed by atoms with van der Waals surface area (Å²) in [5, 5.41) is 0.248. The molecule has 0 amide bonds. The number of hydrogen-bond acceptors (Lipinski definition) is 3. The van der Waals surface area contributed by atoms with E-state index in [1.54, 1.807) is 6.07 Å². The molecule has 21 heavy (non-hydrogen) atoms. The van der Waals surface area contributed by atoms with Crippen LogP contribution in [0, 0.1) is 11.8 Å². The molecule has 0 saturated heterocycles. The van der Waals surface area contributed by atoms with Crippen molar-refractivity contribution in [1.82, 2.24) is 4.72 Å². The normalized spacial score (nSPS) is 26.0. The maximum atomic E-state index is 12.4. The fraction of sp³-hybridized carbons (Fsp3) is 0.500. The highest BCUT2D eigenvalue weighted by Gasteiger charge is 2.33. The highest BCUT2D eigenvalue weighted by molar-refractivity contribution is 7.89. The maximum absolute atomic E-state index is 12.4. The van der Waals surface area contributed by atoms with Crippen molar-refractivity contribution in [1.29, 1.82) is 0 Å². The van der Waals surface area contributed by atoms with Crippen molar-refractivity contribution in [2.45, 2.75) is 37.6 Å². The molecule has 3 atom stereocenters. The van der Waals surface area contributed by atoms with Crippen molar-refractivity contribution in [3.8, 4) is 0 Å². The maximum Gasteiger partial charge on any atom is 0.240 e. The van der Waals surface area contributed by atoms with Crippen LogP contribution < -0.4 is 10.5 Å². The van der Waals surface area contributed by atoms with Gasteiger partial charge >= 0.3 is 0 Å². The van der Waals surface area contributed by atoms with Gasteiger partial charge < -0.3 is 5.73 Å². The third-order valence-corrected chi connectivity index (χ3v) is 6.31. The first-order valence-corrected chi connectivity index (χ1v) is 9.11. The molecule has 1 aliphatic rings. The summed E-state index contributed by atoms with van der Waals surface area (Å²) in [5.41, 5.74) is 6.00. The van der Waals surface area contributed by atoms with Crippen LogP contribution in [0.4, 0.5) is 0 Å². The first-order chi connectivity index (χ1) is 9.72. The van der Waals surface area contributed by atoms with E-state index in [0.29, 0.717) is 17.4 Å². The van der Waals surface area contributed by atoms with Crippen LogP contribution >= 0.6 is 23.8 Å². The van der Waals surface area contributed by atoms with Crippen LogP contribution in [0.3, 0.4) is 0 Å². The van der Waals surface area contributed by atoms with Gasteiger partial charge in [0.05, 0.1) is 9.92 Å². The van der Waals surface area contributed by atoms with Crippen LogP contribution in [0.15, 0.2) is 23.1 Å². The number of rotatable bonds is 4. The highest BCUT2D eigenvalue weighted by Crippen LogP contribution is 2.32. The molecule has 0 bridgehead atoms. The third kappa shape index (κ3) is 3.56. The van der Waals surface area contributed by atoms with E-state index in [9.17, 15) is 8.42 Å². The van der Waals surface area contributed by atoms with E-state index < -0.39 is 10.0 Å². The highest BCUT2D eigenvalue weighted by atomic mass is 35.5. The monoisotopic (exact) mass is 346 g/mol. The molecule has 0 radical (unpaired) electrons. The number of nitrogens with two attached hydrogens (primary N) is 1. The Hall–Kier alpha value is -0.690. The quantitative estimate of drug-likeness (QED) is 0.822. The summed E-state index contributed by atoms with van der Waals surface area (Å²) in [4.78, 5) is 0.286. The lowest BCUT2D eigenvalue weighted by atomic mass is 9.98. The molecule has 2 rings (SSSR count). The minimum atomic E-state index is -3.58. The molecule has 4 nitrogen and oxygen atoms in total. The van der Waals surface area contributed by atoms with E-state index in [-0.39, 0.29) is 20.9 Å². The van der Waals surface area contributed by atoms with Crippen LogP contribution in [0.5, 0.6) is 0 Å². The van der Waals surface area contributed by atoms with Crippen molar-refractivity contribution in [3.05, 3.63) is 28.8 Å². The summed E-state index contributed by atoms with van der Waals surface area (Å²) in [7, 11) is -3.58. The molecule has 3 N–H and O–H groups in total. The molecule has 0 spiro atoms. The number of sulfonamides is 1. The fourth-order valence-corrected chi connectivity index (χ4v) is 4.63. The second-order valence-corrected chi connectivity index (χ2v) is 8.21. The Kier molecular flexibility index (Phi) is 4.92. The molecule has 0 aliphatic heterocycles. The van der Waals surface area contributed by atoms with Crippen LogP contribution in [0.2, 0.25) is 5.02 Å². The molecule has 1 aromatic rings. The van der Waals surface area contributed by atoms with Gasteiger partial charge in [-0.05, 0) is 42.9 Å². The zero-order valence-corrected chi connectivity index (χ0v) is 14.4. The molecule has 1 aliphatic carbocycles. The lowest BCUT2D eigenvalue weighted by Crippen LogP contribution is -2.37. The van der Waals surface area contributed by atoms with Gasteiger partial charge in [0.2, 0.25) is 10.0 Å². The summed E-state index contributed by atoms with van der Waals surface area (Å²) in [6.45, 7) is 4.22. The number of nitrogens with one attached hydrogen (secondary N) is 1. The van der Waals surface area contributed by atoms with Crippen LogP contribution in [0.25, 0.3) is 0 Å². The summed E-state index contributed by atoms with van der Waals surface area (Å²) in [6, 6.07) is 4.38. The minimum Gasteiger partial charge on any atom is -0.389 e. The van der Waals surface area contributed by atoms with Gasteiger partial charge in [0.15, 0.2) is 0 Å². The SMILES string of the molecule is CC1CCC(NS(=O)(=O)c2ccc(C(N)=S)c(Cl)c2)C1C. The minimum absolute atomic E-state index is 0.0287. The Labute approximate surface area is 136 Å². The Morgan fingerprint density at radius 1 is 1.38 bits per heavy atom. The molecule has 1 saturated carbocycles. The molecule has 0 heterocycles. The van der Waals surface area contributed by atoms with Crippen LogP contribution in [0.1, 0.15) is 32.3 Å². The molecule has 0 aromatic heterocycles. The smallest absolute Gasteiger partial charge is 0.240 e. The number of hydrogen-bond donors (Lipinski definition) is 2. The predicted octanol–water partition coefficient (Wildman–Crippen LogP) is 2.69. The van der Waals surface area contributed by atoms with Crippen LogP contribution in [-0.2, 0) is 10.0 Å². The van der Waals surface area contributed by atoms with Crippen molar-refractivity contribution in [2.75, 3.05) is 0 Å². The Balaban J connectivity index is 2.24. The molecule has 3 unspecified atom stereocenters. The summed E-state index contributed by atoms with van der Waals surface area (Å²) in [6.07, 6.45) is 1.90. The van der Waals surface area contributed by atoms with Crippen LogP contribution in [-0.4, -0.2) is 19.4 Å². The van der Waals surface area contributed by atoms with Gasteiger partial charge in [-0.15, -0.1) is 0 Å². The van der Waals surface area contributed by atoms with E-state index in [4.69, 9.17) is 29.6 Å². The Bertz CT molecular complexity index is 661. The predicted molar refractivity (Wildman–Crippen MR) is 89.0 cm³/mol. The zero-order valence-electron chi connectivity index (χ0n) is 12.0. The van der Waals surface area contributed by atoms with Crippen molar-refractivity contribution >= 4 is 38.8 Å². The standard InChI is InChI=1S/C14H19ClN2O2S2/c1-8-3-6-13(9(8)2)17-21(18,19)10-4-5-11(14(16)20)12(15)7-10/h4-5,7-9,13,17H,3,6H2,1-2H3,(H2,16,20). The molecule has 7 heteroatoms. The van der Waals surface area contributed by atoms with Gasteiger partial charge in [0, 0.05) is 11.6 Å². The van der Waals surface area contributed by atoms with E-state index in [1.807, 2.05) is 0 Å². The number of halogens is 1.